The molecule has 126 valence electrons. The topological polar surface area (TPSA) is 38.7 Å². The van der Waals surface area contributed by atoms with Crippen LogP contribution < -0.4 is 0 Å². The van der Waals surface area contributed by atoms with Crippen LogP contribution in [0.2, 0.25) is 0 Å². The molecule has 5 heteroatoms. The maximum absolute atomic E-state index is 5.11. The molecular formula is C19H23N3S2. The first-order chi connectivity index (χ1) is 11.7. The molecule has 1 aliphatic rings. The second-order valence-electron chi connectivity index (χ2n) is 6.89. The summed E-state index contributed by atoms with van der Waals surface area (Å²) in [5.74, 6) is 1.67. The van der Waals surface area contributed by atoms with Gasteiger partial charge < -0.3 is 0 Å². The van der Waals surface area contributed by atoms with Crippen molar-refractivity contribution in [3.8, 4) is 0 Å². The maximum atomic E-state index is 5.11. The van der Waals surface area contributed by atoms with Crippen molar-refractivity contribution in [3.05, 3.63) is 23.1 Å². The predicted molar refractivity (Wildman–Crippen MR) is 104 cm³/mol. The van der Waals surface area contributed by atoms with Crippen LogP contribution in [-0.4, -0.2) is 20.7 Å². The molecule has 0 bridgehead atoms. The van der Waals surface area contributed by atoms with E-state index in [4.69, 9.17) is 4.98 Å². The quantitative estimate of drug-likeness (QED) is 0.461. The van der Waals surface area contributed by atoms with Crippen LogP contribution in [0.25, 0.3) is 20.4 Å². The van der Waals surface area contributed by atoms with Crippen molar-refractivity contribution in [2.75, 3.05) is 5.75 Å². The summed E-state index contributed by atoms with van der Waals surface area (Å²) in [7, 11) is 0. The summed E-state index contributed by atoms with van der Waals surface area (Å²) >= 11 is 3.59. The lowest BCUT2D eigenvalue weighted by Gasteiger charge is -2.20. The standard InChI is InChI=1S/C19H23N3S2/c1-4-23-19-17-16(20-10-21-19)15-13-8-6-5-7-12(13)14(9-11(2)3)22-18(15)24-17/h10-11H,4-9H2,1-3H3. The molecule has 3 aromatic heterocycles. The highest BCUT2D eigenvalue weighted by molar-refractivity contribution is 7.99. The van der Waals surface area contributed by atoms with E-state index in [1.165, 1.54) is 57.4 Å². The maximum Gasteiger partial charge on any atom is 0.126 e. The number of thiophene rings is 1. The van der Waals surface area contributed by atoms with Gasteiger partial charge in [0, 0.05) is 11.1 Å². The number of hydrogen-bond donors (Lipinski definition) is 0. The van der Waals surface area contributed by atoms with E-state index in [1.54, 1.807) is 29.4 Å². The van der Waals surface area contributed by atoms with Crippen LogP contribution in [0.3, 0.4) is 0 Å². The van der Waals surface area contributed by atoms with Crippen LogP contribution in [0.4, 0.5) is 0 Å². The van der Waals surface area contributed by atoms with E-state index in [0.717, 1.165) is 22.7 Å². The van der Waals surface area contributed by atoms with Gasteiger partial charge in [0.15, 0.2) is 0 Å². The zero-order valence-electron chi connectivity index (χ0n) is 14.6. The smallest absolute Gasteiger partial charge is 0.126 e. The summed E-state index contributed by atoms with van der Waals surface area (Å²) in [6, 6.07) is 0. The Morgan fingerprint density at radius 2 is 1.96 bits per heavy atom. The monoisotopic (exact) mass is 357 g/mol. The van der Waals surface area contributed by atoms with E-state index < -0.39 is 0 Å². The molecule has 24 heavy (non-hydrogen) atoms. The highest BCUT2D eigenvalue weighted by Gasteiger charge is 2.23. The van der Waals surface area contributed by atoms with E-state index >= 15 is 0 Å². The largest absolute Gasteiger partial charge is 0.242 e. The Labute approximate surface area is 151 Å². The van der Waals surface area contributed by atoms with Crippen LogP contribution in [0.15, 0.2) is 11.4 Å². The zero-order valence-corrected chi connectivity index (χ0v) is 16.2. The van der Waals surface area contributed by atoms with Gasteiger partial charge in [-0.2, -0.15) is 0 Å². The number of pyridine rings is 1. The van der Waals surface area contributed by atoms with Gasteiger partial charge in [-0.3, -0.25) is 0 Å². The summed E-state index contributed by atoms with van der Waals surface area (Å²) < 4.78 is 1.22. The molecule has 0 unspecified atom stereocenters. The summed E-state index contributed by atoms with van der Waals surface area (Å²) in [5, 5.41) is 2.43. The molecule has 3 aromatic rings. The van der Waals surface area contributed by atoms with Crippen molar-refractivity contribution in [1.82, 2.24) is 15.0 Å². The van der Waals surface area contributed by atoms with Crippen molar-refractivity contribution < 1.29 is 0 Å². The Hall–Kier alpha value is -1.20. The number of nitrogens with zero attached hydrogens (tertiary/aromatic N) is 3. The highest BCUT2D eigenvalue weighted by atomic mass is 32.2. The summed E-state index contributed by atoms with van der Waals surface area (Å²) in [6.07, 6.45) is 7.73. The van der Waals surface area contributed by atoms with Gasteiger partial charge in [-0.25, -0.2) is 15.0 Å². The van der Waals surface area contributed by atoms with E-state index in [1.807, 2.05) is 0 Å². The molecule has 0 amide bonds. The van der Waals surface area contributed by atoms with Gasteiger partial charge in [-0.05, 0) is 54.9 Å². The fourth-order valence-corrected chi connectivity index (χ4v) is 5.70. The summed E-state index contributed by atoms with van der Waals surface area (Å²) in [6.45, 7) is 6.74. The normalized spacial score (nSPS) is 14.7. The number of aromatic nitrogens is 3. The number of thioether (sulfide) groups is 1. The van der Waals surface area contributed by atoms with Gasteiger partial charge >= 0.3 is 0 Å². The molecule has 3 nitrogen and oxygen atoms in total. The van der Waals surface area contributed by atoms with Crippen molar-refractivity contribution in [3.63, 3.8) is 0 Å². The molecule has 4 rings (SSSR count). The van der Waals surface area contributed by atoms with E-state index in [-0.39, 0.29) is 0 Å². The predicted octanol–water partition coefficient (Wildman–Crippen LogP) is 5.43. The third-order valence-electron chi connectivity index (χ3n) is 4.66. The van der Waals surface area contributed by atoms with Crippen LogP contribution in [0, 0.1) is 5.92 Å². The molecular weight excluding hydrogens is 334 g/mol. The van der Waals surface area contributed by atoms with Gasteiger partial charge in [0.1, 0.15) is 16.2 Å². The van der Waals surface area contributed by atoms with E-state index in [2.05, 4.69) is 30.7 Å². The molecule has 0 aromatic carbocycles. The van der Waals surface area contributed by atoms with Gasteiger partial charge in [0.25, 0.3) is 0 Å². The van der Waals surface area contributed by atoms with Crippen molar-refractivity contribution in [2.24, 2.45) is 5.92 Å². The van der Waals surface area contributed by atoms with Crippen LogP contribution >= 0.6 is 23.1 Å². The average molecular weight is 358 g/mol. The molecule has 0 N–H and O–H groups in total. The fourth-order valence-electron chi connectivity index (χ4n) is 3.71. The van der Waals surface area contributed by atoms with E-state index in [9.17, 15) is 0 Å². The average Bonchev–Trinajstić information content (AvgIpc) is 2.94. The Morgan fingerprint density at radius 1 is 1.17 bits per heavy atom. The SMILES string of the molecule is CCSc1ncnc2c1sc1nc(CC(C)C)c3c(c12)CCCC3. The summed E-state index contributed by atoms with van der Waals surface area (Å²) in [5.41, 5.74) is 5.50. The molecule has 0 spiro atoms. The molecule has 0 radical (unpaired) electrons. The second kappa shape index (κ2) is 6.60. The van der Waals surface area contributed by atoms with Crippen molar-refractivity contribution in [1.29, 1.82) is 0 Å². The Balaban J connectivity index is 2.03. The number of aryl methyl sites for hydroxylation is 1. The van der Waals surface area contributed by atoms with E-state index in [0.29, 0.717) is 5.92 Å². The van der Waals surface area contributed by atoms with Crippen LogP contribution in [0.1, 0.15) is 50.4 Å². The number of fused-ring (bicyclic) bond motifs is 5. The van der Waals surface area contributed by atoms with Gasteiger partial charge in [0.2, 0.25) is 0 Å². The Bertz CT molecular complexity index is 899. The Kier molecular flexibility index (Phi) is 4.48. The third kappa shape index (κ3) is 2.72. The Morgan fingerprint density at radius 3 is 2.71 bits per heavy atom. The molecule has 0 fully saturated rings. The van der Waals surface area contributed by atoms with Crippen LogP contribution in [-0.2, 0) is 19.3 Å². The van der Waals surface area contributed by atoms with Crippen LogP contribution in [0.5, 0.6) is 0 Å². The lowest BCUT2D eigenvalue weighted by Crippen LogP contribution is -2.11. The molecule has 0 aliphatic heterocycles. The van der Waals surface area contributed by atoms with Crippen molar-refractivity contribution >= 4 is 43.5 Å². The minimum atomic E-state index is 0.640. The second-order valence-corrected chi connectivity index (χ2v) is 9.14. The van der Waals surface area contributed by atoms with Gasteiger partial charge in [0.05, 0.1) is 10.2 Å². The zero-order chi connectivity index (χ0) is 16.7. The minimum Gasteiger partial charge on any atom is -0.242 e. The lowest BCUT2D eigenvalue weighted by molar-refractivity contribution is 0.615. The molecule has 0 saturated carbocycles. The first-order valence-corrected chi connectivity index (χ1v) is 10.7. The number of hydrogen-bond acceptors (Lipinski definition) is 5. The first-order valence-electron chi connectivity index (χ1n) is 8.89. The fraction of sp³-hybridized carbons (Fsp3) is 0.526. The molecule has 3 heterocycles. The third-order valence-corrected chi connectivity index (χ3v) is 6.74. The summed E-state index contributed by atoms with van der Waals surface area (Å²) in [4.78, 5) is 15.4. The lowest BCUT2D eigenvalue weighted by atomic mass is 9.87. The minimum absolute atomic E-state index is 0.640. The number of rotatable bonds is 4. The highest BCUT2D eigenvalue weighted by Crippen LogP contribution is 2.41. The van der Waals surface area contributed by atoms with Gasteiger partial charge in [-0.15, -0.1) is 23.1 Å². The molecule has 1 aliphatic carbocycles. The molecule has 0 atom stereocenters. The molecule has 0 saturated heterocycles. The first kappa shape index (κ1) is 16.3. The van der Waals surface area contributed by atoms with Crippen molar-refractivity contribution in [2.45, 2.75) is 57.9 Å². The van der Waals surface area contributed by atoms with Gasteiger partial charge in [-0.1, -0.05) is 20.8 Å².